The van der Waals surface area contributed by atoms with Crippen molar-refractivity contribution in [1.29, 1.82) is 5.26 Å². The third kappa shape index (κ3) is 2.95. The van der Waals surface area contributed by atoms with Gasteiger partial charge in [-0.05, 0) is 24.1 Å². The summed E-state index contributed by atoms with van der Waals surface area (Å²) in [4.78, 5) is 18.9. The molecule has 0 unspecified atom stereocenters. The van der Waals surface area contributed by atoms with Crippen molar-refractivity contribution in [3.05, 3.63) is 42.2 Å². The lowest BCUT2D eigenvalue weighted by Gasteiger charge is -2.23. The lowest BCUT2D eigenvalue weighted by molar-refractivity contribution is 0.338. The van der Waals surface area contributed by atoms with Crippen LogP contribution in [0.25, 0.3) is 28.1 Å². The Labute approximate surface area is 144 Å². The van der Waals surface area contributed by atoms with Gasteiger partial charge in [0.25, 0.3) is 0 Å². The number of hydrogen-bond acceptors (Lipinski definition) is 6. The van der Waals surface area contributed by atoms with Crippen molar-refractivity contribution in [1.82, 2.24) is 24.8 Å². The minimum atomic E-state index is 0.352. The molecule has 3 heterocycles. The van der Waals surface area contributed by atoms with Gasteiger partial charge in [-0.25, -0.2) is 15.0 Å². The fourth-order valence-electron chi connectivity index (χ4n) is 2.98. The number of para-hydroxylation sites is 2. The first kappa shape index (κ1) is 15.3. The van der Waals surface area contributed by atoms with Crippen LogP contribution in [0.1, 0.15) is 12.1 Å². The van der Waals surface area contributed by atoms with Gasteiger partial charge in [0.2, 0.25) is 0 Å². The number of fused-ring (bicyclic) bond motifs is 1. The fraction of sp³-hybridized carbons (Fsp3) is 0.222. The molecule has 7 heteroatoms. The minimum Gasteiger partial charge on any atom is -0.382 e. The monoisotopic (exact) mass is 331 g/mol. The van der Waals surface area contributed by atoms with Crippen LogP contribution in [0.3, 0.4) is 0 Å². The van der Waals surface area contributed by atoms with Crippen molar-refractivity contribution in [3.63, 3.8) is 0 Å². The molecule has 0 aliphatic carbocycles. The quantitative estimate of drug-likeness (QED) is 0.713. The summed E-state index contributed by atoms with van der Waals surface area (Å²) in [6.45, 7) is 2.03. The van der Waals surface area contributed by atoms with Gasteiger partial charge in [0.05, 0.1) is 35.5 Å². The van der Waals surface area contributed by atoms with Crippen molar-refractivity contribution in [2.45, 2.75) is 6.42 Å². The number of imidazole rings is 1. The molecule has 0 atom stereocenters. The summed E-state index contributed by atoms with van der Waals surface area (Å²) in [5.41, 5.74) is 10.3. The van der Waals surface area contributed by atoms with E-state index in [9.17, 15) is 0 Å². The maximum Gasteiger partial charge on any atom is 0.161 e. The van der Waals surface area contributed by atoms with E-state index in [1.807, 2.05) is 24.3 Å². The molecule has 7 nitrogen and oxygen atoms in total. The molecule has 3 aromatic rings. The predicted molar refractivity (Wildman–Crippen MR) is 96.2 cm³/mol. The SMILES string of the molecule is N#CCN1CC=C(c2cnc(N)c(-c3nc4ccccc4[nH]3)n2)CC1. The molecule has 0 bridgehead atoms. The second-order valence-electron chi connectivity index (χ2n) is 5.96. The summed E-state index contributed by atoms with van der Waals surface area (Å²) in [6, 6.07) is 9.98. The number of H-pyrrole nitrogens is 1. The molecule has 1 aromatic carbocycles. The average molecular weight is 331 g/mol. The highest BCUT2D eigenvalue weighted by atomic mass is 15.1. The zero-order chi connectivity index (χ0) is 17.2. The Bertz CT molecular complexity index is 963. The van der Waals surface area contributed by atoms with Crippen LogP contribution in [0.2, 0.25) is 0 Å². The first-order chi connectivity index (χ1) is 12.2. The molecule has 124 valence electrons. The molecule has 0 fully saturated rings. The van der Waals surface area contributed by atoms with E-state index in [0.717, 1.165) is 41.8 Å². The molecule has 0 saturated heterocycles. The zero-order valence-electron chi connectivity index (χ0n) is 13.6. The van der Waals surface area contributed by atoms with Crippen LogP contribution in [0.5, 0.6) is 0 Å². The van der Waals surface area contributed by atoms with Crippen molar-refractivity contribution in [3.8, 4) is 17.6 Å². The molecule has 25 heavy (non-hydrogen) atoms. The third-order valence-corrected chi connectivity index (χ3v) is 4.33. The van der Waals surface area contributed by atoms with Crippen molar-refractivity contribution in [2.75, 3.05) is 25.4 Å². The highest BCUT2D eigenvalue weighted by Gasteiger charge is 2.17. The van der Waals surface area contributed by atoms with Crippen LogP contribution in [0, 0.1) is 11.3 Å². The number of aromatic nitrogens is 4. The number of aromatic amines is 1. The Hall–Kier alpha value is -3.24. The number of anilines is 1. The Balaban J connectivity index is 1.69. The molecule has 1 aliphatic heterocycles. The number of rotatable bonds is 3. The summed E-state index contributed by atoms with van der Waals surface area (Å²) in [7, 11) is 0. The zero-order valence-corrected chi connectivity index (χ0v) is 13.6. The van der Waals surface area contributed by atoms with Gasteiger partial charge in [-0.2, -0.15) is 5.26 Å². The largest absolute Gasteiger partial charge is 0.382 e. The Kier molecular flexibility index (Phi) is 3.88. The van der Waals surface area contributed by atoms with E-state index in [0.29, 0.717) is 23.9 Å². The van der Waals surface area contributed by atoms with E-state index in [-0.39, 0.29) is 0 Å². The van der Waals surface area contributed by atoms with E-state index >= 15 is 0 Å². The Morgan fingerprint density at radius 2 is 2.16 bits per heavy atom. The number of hydrogen-bond donors (Lipinski definition) is 2. The molecule has 3 N–H and O–H groups in total. The second kappa shape index (κ2) is 6.34. The molecular formula is C18H17N7. The summed E-state index contributed by atoms with van der Waals surface area (Å²) in [5, 5.41) is 8.80. The van der Waals surface area contributed by atoms with E-state index in [4.69, 9.17) is 16.0 Å². The van der Waals surface area contributed by atoms with Gasteiger partial charge in [-0.15, -0.1) is 0 Å². The number of benzene rings is 1. The molecule has 1 aliphatic rings. The van der Waals surface area contributed by atoms with Crippen molar-refractivity contribution < 1.29 is 0 Å². The summed E-state index contributed by atoms with van der Waals surface area (Å²) >= 11 is 0. The minimum absolute atomic E-state index is 0.352. The number of nitrogens with two attached hydrogens (primary N) is 1. The van der Waals surface area contributed by atoms with Gasteiger partial charge < -0.3 is 10.7 Å². The number of nitriles is 1. The standard InChI is InChI=1S/C18H17N7/c19-7-10-25-8-5-12(6-9-25)15-11-21-17(20)16(22-15)18-23-13-3-1-2-4-14(13)24-18/h1-5,11H,6,8-10H2,(H2,20,21)(H,23,24). The topological polar surface area (TPSA) is 108 Å². The van der Waals surface area contributed by atoms with Crippen LogP contribution in [0.15, 0.2) is 36.5 Å². The number of nitrogens with one attached hydrogen (secondary N) is 1. The van der Waals surface area contributed by atoms with Gasteiger partial charge in [0, 0.05) is 13.1 Å². The lowest BCUT2D eigenvalue weighted by atomic mass is 10.1. The normalized spacial score (nSPS) is 15.1. The van der Waals surface area contributed by atoms with Crippen LogP contribution < -0.4 is 5.73 Å². The Morgan fingerprint density at radius 3 is 2.92 bits per heavy atom. The second-order valence-corrected chi connectivity index (χ2v) is 5.96. The molecule has 0 spiro atoms. The first-order valence-electron chi connectivity index (χ1n) is 8.11. The van der Waals surface area contributed by atoms with Crippen LogP contribution >= 0.6 is 0 Å². The third-order valence-electron chi connectivity index (χ3n) is 4.33. The number of nitrogens with zero attached hydrogens (tertiary/aromatic N) is 5. The van der Waals surface area contributed by atoms with Crippen LogP contribution in [-0.4, -0.2) is 44.5 Å². The highest BCUT2D eigenvalue weighted by Crippen LogP contribution is 2.26. The first-order valence-corrected chi connectivity index (χ1v) is 8.11. The molecule has 0 saturated carbocycles. The predicted octanol–water partition coefficient (Wildman–Crippen LogP) is 2.21. The Morgan fingerprint density at radius 1 is 1.28 bits per heavy atom. The van der Waals surface area contributed by atoms with Crippen LogP contribution in [0.4, 0.5) is 5.82 Å². The van der Waals surface area contributed by atoms with E-state index < -0.39 is 0 Å². The summed E-state index contributed by atoms with van der Waals surface area (Å²) < 4.78 is 0. The van der Waals surface area contributed by atoms with E-state index in [2.05, 4.69) is 32.0 Å². The molecule has 0 radical (unpaired) electrons. The molecule has 0 amide bonds. The lowest BCUT2D eigenvalue weighted by Crippen LogP contribution is -2.28. The smallest absolute Gasteiger partial charge is 0.161 e. The molecular weight excluding hydrogens is 314 g/mol. The summed E-state index contributed by atoms with van der Waals surface area (Å²) in [5.74, 6) is 0.973. The maximum absolute atomic E-state index is 8.80. The number of nitrogen functional groups attached to an aromatic ring is 1. The molecule has 2 aromatic heterocycles. The van der Waals surface area contributed by atoms with E-state index in [1.54, 1.807) is 6.20 Å². The highest BCUT2D eigenvalue weighted by molar-refractivity contribution is 5.80. The van der Waals surface area contributed by atoms with E-state index in [1.165, 1.54) is 0 Å². The fourth-order valence-corrected chi connectivity index (χ4v) is 2.98. The molecule has 4 rings (SSSR count). The van der Waals surface area contributed by atoms with Crippen LogP contribution in [-0.2, 0) is 0 Å². The van der Waals surface area contributed by atoms with Crippen molar-refractivity contribution in [2.24, 2.45) is 0 Å². The van der Waals surface area contributed by atoms with Crippen molar-refractivity contribution >= 4 is 22.4 Å². The summed E-state index contributed by atoms with van der Waals surface area (Å²) in [6.07, 6.45) is 4.64. The van der Waals surface area contributed by atoms with Gasteiger partial charge in [-0.3, -0.25) is 4.90 Å². The van der Waals surface area contributed by atoms with Gasteiger partial charge >= 0.3 is 0 Å². The average Bonchev–Trinajstić information content (AvgIpc) is 3.07. The van der Waals surface area contributed by atoms with Gasteiger partial charge in [-0.1, -0.05) is 18.2 Å². The maximum atomic E-state index is 8.80. The van der Waals surface area contributed by atoms with Gasteiger partial charge in [0.1, 0.15) is 5.69 Å². The van der Waals surface area contributed by atoms with Gasteiger partial charge in [0.15, 0.2) is 11.6 Å².